The van der Waals surface area contributed by atoms with E-state index in [2.05, 4.69) is 15.0 Å². The third-order valence-electron chi connectivity index (χ3n) is 3.50. The van der Waals surface area contributed by atoms with Crippen LogP contribution in [0.25, 0.3) is 0 Å². The van der Waals surface area contributed by atoms with Gasteiger partial charge in [0.05, 0.1) is 18.6 Å². The van der Waals surface area contributed by atoms with Gasteiger partial charge in [0.15, 0.2) is 5.69 Å². The second kappa shape index (κ2) is 6.49. The van der Waals surface area contributed by atoms with Crippen LogP contribution in [-0.4, -0.2) is 42.2 Å². The quantitative estimate of drug-likeness (QED) is 0.500. The maximum absolute atomic E-state index is 11.5. The van der Waals surface area contributed by atoms with Crippen LogP contribution in [0.1, 0.15) is 23.8 Å². The molecule has 1 aliphatic rings. The van der Waals surface area contributed by atoms with E-state index in [1.807, 2.05) is 6.92 Å². The molecule has 2 unspecified atom stereocenters. The fraction of sp³-hybridized carbons (Fsp3) is 0.538. The molecule has 21 heavy (non-hydrogen) atoms. The van der Waals surface area contributed by atoms with Crippen molar-refractivity contribution >= 4 is 17.5 Å². The molecule has 8 nitrogen and oxygen atoms in total. The molecule has 0 saturated carbocycles. The standard InChI is InChI=1S/C13H17N3O5/c1-8(9-5-6-21-7-9)14-12-11(16(18)19)4-3-10(15-12)13(17)20-2/h3-4,8-9H,5-7H2,1-2H3,(H,14,15). The predicted octanol–water partition coefficient (Wildman–Crippen LogP) is 1.61. The molecule has 1 aromatic heterocycles. The van der Waals surface area contributed by atoms with Gasteiger partial charge in [-0.3, -0.25) is 10.1 Å². The highest BCUT2D eigenvalue weighted by Crippen LogP contribution is 2.26. The Hall–Kier alpha value is -2.22. The summed E-state index contributed by atoms with van der Waals surface area (Å²) in [4.78, 5) is 26.0. The predicted molar refractivity (Wildman–Crippen MR) is 74.2 cm³/mol. The Balaban J connectivity index is 2.25. The number of hydrogen-bond acceptors (Lipinski definition) is 7. The van der Waals surface area contributed by atoms with Crippen LogP contribution in [0.5, 0.6) is 0 Å². The molecule has 2 rings (SSSR count). The van der Waals surface area contributed by atoms with Crippen molar-refractivity contribution in [1.29, 1.82) is 0 Å². The van der Waals surface area contributed by atoms with Gasteiger partial charge in [-0.25, -0.2) is 9.78 Å². The Morgan fingerprint density at radius 1 is 1.62 bits per heavy atom. The van der Waals surface area contributed by atoms with Crippen LogP contribution in [0.2, 0.25) is 0 Å². The summed E-state index contributed by atoms with van der Waals surface area (Å²) in [5, 5.41) is 14.1. The van der Waals surface area contributed by atoms with Crippen molar-refractivity contribution in [3.8, 4) is 0 Å². The molecule has 0 aliphatic carbocycles. The van der Waals surface area contributed by atoms with Crippen molar-refractivity contribution in [3.63, 3.8) is 0 Å². The number of methoxy groups -OCH3 is 1. The monoisotopic (exact) mass is 295 g/mol. The molecule has 114 valence electrons. The first-order chi connectivity index (χ1) is 10.0. The molecule has 1 saturated heterocycles. The van der Waals surface area contributed by atoms with Crippen LogP contribution < -0.4 is 5.32 Å². The molecule has 1 aromatic rings. The summed E-state index contributed by atoms with van der Waals surface area (Å²) in [6.45, 7) is 3.21. The third kappa shape index (κ3) is 3.46. The number of carbonyl (C=O) groups excluding carboxylic acids is 1. The van der Waals surface area contributed by atoms with E-state index in [4.69, 9.17) is 4.74 Å². The van der Waals surface area contributed by atoms with E-state index in [0.717, 1.165) is 6.42 Å². The number of carbonyl (C=O) groups is 1. The van der Waals surface area contributed by atoms with Gasteiger partial charge >= 0.3 is 11.7 Å². The number of aromatic nitrogens is 1. The topological polar surface area (TPSA) is 104 Å². The van der Waals surface area contributed by atoms with E-state index in [0.29, 0.717) is 13.2 Å². The summed E-state index contributed by atoms with van der Waals surface area (Å²) < 4.78 is 9.88. The first-order valence-corrected chi connectivity index (χ1v) is 6.61. The molecular weight excluding hydrogens is 278 g/mol. The number of nitro groups is 1. The smallest absolute Gasteiger partial charge is 0.356 e. The van der Waals surface area contributed by atoms with Gasteiger partial charge in [-0.2, -0.15) is 0 Å². The summed E-state index contributed by atoms with van der Waals surface area (Å²) in [6, 6.07) is 2.48. The van der Waals surface area contributed by atoms with Crippen molar-refractivity contribution in [2.75, 3.05) is 25.6 Å². The average molecular weight is 295 g/mol. The zero-order valence-electron chi connectivity index (χ0n) is 11.9. The van der Waals surface area contributed by atoms with Crippen LogP contribution in [-0.2, 0) is 9.47 Å². The second-order valence-corrected chi connectivity index (χ2v) is 4.87. The van der Waals surface area contributed by atoms with Crippen molar-refractivity contribution < 1.29 is 19.2 Å². The number of nitrogens with zero attached hydrogens (tertiary/aromatic N) is 2. The Labute approximate surface area is 121 Å². The van der Waals surface area contributed by atoms with Gasteiger partial charge in [-0.05, 0) is 19.4 Å². The number of nitrogens with one attached hydrogen (secondary N) is 1. The zero-order chi connectivity index (χ0) is 15.4. The Kier molecular flexibility index (Phi) is 4.69. The van der Waals surface area contributed by atoms with Crippen molar-refractivity contribution in [2.24, 2.45) is 5.92 Å². The number of anilines is 1. The largest absolute Gasteiger partial charge is 0.464 e. The van der Waals surface area contributed by atoms with Gasteiger partial charge in [-0.1, -0.05) is 0 Å². The van der Waals surface area contributed by atoms with Crippen molar-refractivity contribution in [2.45, 2.75) is 19.4 Å². The second-order valence-electron chi connectivity index (χ2n) is 4.87. The Morgan fingerprint density at radius 3 is 2.95 bits per heavy atom. The van der Waals surface area contributed by atoms with Crippen LogP contribution in [0.4, 0.5) is 11.5 Å². The van der Waals surface area contributed by atoms with Gasteiger partial charge in [0.2, 0.25) is 5.82 Å². The molecule has 0 aromatic carbocycles. The first kappa shape index (κ1) is 15.2. The summed E-state index contributed by atoms with van der Waals surface area (Å²) in [7, 11) is 1.23. The number of esters is 1. The summed E-state index contributed by atoms with van der Waals surface area (Å²) in [5.41, 5.74) is -0.145. The Morgan fingerprint density at radius 2 is 2.38 bits per heavy atom. The molecule has 1 fully saturated rings. The fourth-order valence-corrected chi connectivity index (χ4v) is 2.20. The average Bonchev–Trinajstić information content (AvgIpc) is 3.00. The lowest BCUT2D eigenvalue weighted by atomic mass is 10.0. The number of pyridine rings is 1. The summed E-state index contributed by atoms with van der Waals surface area (Å²) >= 11 is 0. The maximum atomic E-state index is 11.5. The minimum atomic E-state index is -0.634. The lowest BCUT2D eigenvalue weighted by molar-refractivity contribution is -0.384. The molecule has 0 amide bonds. The molecule has 0 radical (unpaired) electrons. The van der Waals surface area contributed by atoms with Crippen molar-refractivity contribution in [3.05, 3.63) is 27.9 Å². The van der Waals surface area contributed by atoms with Gasteiger partial charge < -0.3 is 14.8 Å². The van der Waals surface area contributed by atoms with Crippen LogP contribution in [0.15, 0.2) is 12.1 Å². The minimum absolute atomic E-state index is 0.0282. The Bertz CT molecular complexity index is 543. The van der Waals surface area contributed by atoms with Crippen LogP contribution in [0.3, 0.4) is 0 Å². The number of ether oxygens (including phenoxy) is 2. The van der Waals surface area contributed by atoms with Crippen LogP contribution in [0, 0.1) is 16.0 Å². The van der Waals surface area contributed by atoms with Gasteiger partial charge in [0, 0.05) is 24.6 Å². The van der Waals surface area contributed by atoms with E-state index in [1.54, 1.807) is 0 Å². The SMILES string of the molecule is COC(=O)c1ccc([N+](=O)[O-])c(NC(C)C2CCOC2)n1. The lowest BCUT2D eigenvalue weighted by Gasteiger charge is -2.19. The van der Waals surface area contributed by atoms with Crippen molar-refractivity contribution in [1.82, 2.24) is 4.98 Å². The van der Waals surface area contributed by atoms with E-state index in [1.165, 1.54) is 19.2 Å². The normalized spacial score (nSPS) is 19.0. The van der Waals surface area contributed by atoms with Gasteiger partial charge in [0.25, 0.3) is 0 Å². The highest BCUT2D eigenvalue weighted by Gasteiger charge is 2.26. The number of hydrogen-bond donors (Lipinski definition) is 1. The minimum Gasteiger partial charge on any atom is -0.464 e. The molecule has 1 aliphatic heterocycles. The van der Waals surface area contributed by atoms with E-state index in [9.17, 15) is 14.9 Å². The molecule has 0 bridgehead atoms. The molecule has 2 atom stereocenters. The fourth-order valence-electron chi connectivity index (χ4n) is 2.20. The molecule has 1 N–H and O–H groups in total. The summed E-state index contributed by atoms with van der Waals surface area (Å²) in [6.07, 6.45) is 0.888. The highest BCUT2D eigenvalue weighted by molar-refractivity contribution is 5.88. The lowest BCUT2D eigenvalue weighted by Crippen LogP contribution is -2.27. The molecule has 0 spiro atoms. The van der Waals surface area contributed by atoms with E-state index < -0.39 is 10.9 Å². The first-order valence-electron chi connectivity index (χ1n) is 6.61. The molecule has 2 heterocycles. The summed E-state index contributed by atoms with van der Waals surface area (Å²) in [5.74, 6) is -0.305. The number of rotatable bonds is 5. The van der Waals surface area contributed by atoms with Gasteiger partial charge in [-0.15, -0.1) is 0 Å². The molecule has 8 heteroatoms. The zero-order valence-corrected chi connectivity index (χ0v) is 11.9. The van der Waals surface area contributed by atoms with Crippen LogP contribution >= 0.6 is 0 Å². The highest BCUT2D eigenvalue weighted by atomic mass is 16.6. The third-order valence-corrected chi connectivity index (χ3v) is 3.50. The molecular formula is C13H17N3O5. The maximum Gasteiger partial charge on any atom is 0.356 e. The van der Waals surface area contributed by atoms with E-state index in [-0.39, 0.29) is 29.2 Å². The van der Waals surface area contributed by atoms with Gasteiger partial charge in [0.1, 0.15) is 0 Å². The van der Waals surface area contributed by atoms with E-state index >= 15 is 0 Å².